The van der Waals surface area contributed by atoms with Gasteiger partial charge in [0.15, 0.2) is 0 Å². The average molecular weight is 238 g/mol. The molecule has 0 amide bonds. The molecule has 2 bridgehead atoms. The summed E-state index contributed by atoms with van der Waals surface area (Å²) in [6.07, 6.45) is 0. The van der Waals surface area contributed by atoms with Crippen LogP contribution in [0.4, 0.5) is 17.8 Å². The van der Waals surface area contributed by atoms with E-state index in [0.29, 0.717) is 0 Å². The first-order valence-electron chi connectivity index (χ1n) is 5.61. The highest BCUT2D eigenvalue weighted by Gasteiger charge is 2.21. The van der Waals surface area contributed by atoms with Crippen LogP contribution in [0.3, 0.4) is 0 Å². The fraction of sp³-hybridized carbons (Fsp3) is 0.667. The van der Waals surface area contributed by atoms with E-state index in [2.05, 4.69) is 24.8 Å². The van der Waals surface area contributed by atoms with Crippen LogP contribution in [0.15, 0.2) is 0 Å². The molecule has 3 saturated heterocycles. The van der Waals surface area contributed by atoms with Crippen LogP contribution in [-0.2, 0) is 0 Å². The summed E-state index contributed by atoms with van der Waals surface area (Å²) in [6, 6.07) is 0. The van der Waals surface area contributed by atoms with Crippen molar-refractivity contribution in [1.29, 1.82) is 0 Å². The molecule has 3 aliphatic heterocycles. The van der Waals surface area contributed by atoms with Crippen molar-refractivity contribution in [2.24, 2.45) is 0 Å². The van der Waals surface area contributed by atoms with Gasteiger partial charge in [0.05, 0.1) is 0 Å². The summed E-state index contributed by atoms with van der Waals surface area (Å²) >= 11 is 0. The molecular weight excluding hydrogens is 220 g/mol. The van der Waals surface area contributed by atoms with E-state index in [4.69, 9.17) is 17.2 Å². The molecule has 4 heterocycles. The van der Waals surface area contributed by atoms with Crippen LogP contribution in [0.5, 0.6) is 0 Å². The van der Waals surface area contributed by atoms with E-state index in [1.54, 1.807) is 0 Å². The minimum atomic E-state index is 0.0417. The smallest absolute Gasteiger partial charge is 0.226 e. The predicted molar refractivity (Wildman–Crippen MR) is 65.9 cm³/mol. The van der Waals surface area contributed by atoms with Crippen molar-refractivity contribution in [3.8, 4) is 0 Å². The molecule has 8 nitrogen and oxygen atoms in total. The third-order valence-electron chi connectivity index (χ3n) is 2.88. The minimum absolute atomic E-state index is 0.0417. The SMILES string of the molecule is C1CN2CCN1CC2.Nc1nc(N)nc(N)n1. The van der Waals surface area contributed by atoms with Gasteiger partial charge < -0.3 is 17.2 Å². The Labute approximate surface area is 99.8 Å². The quantitative estimate of drug-likeness (QED) is 0.485. The molecule has 4 rings (SSSR count). The lowest BCUT2D eigenvalue weighted by Gasteiger charge is -2.41. The zero-order valence-electron chi connectivity index (χ0n) is 9.71. The van der Waals surface area contributed by atoms with Crippen LogP contribution in [0.2, 0.25) is 0 Å². The van der Waals surface area contributed by atoms with Crippen molar-refractivity contribution in [2.45, 2.75) is 0 Å². The monoisotopic (exact) mass is 238 g/mol. The molecule has 3 fully saturated rings. The van der Waals surface area contributed by atoms with E-state index in [9.17, 15) is 0 Å². The maximum atomic E-state index is 5.14. The minimum Gasteiger partial charge on any atom is -0.368 e. The first-order chi connectivity index (χ1) is 8.13. The average Bonchev–Trinajstić information content (AvgIpc) is 2.30. The number of nitrogen functional groups attached to an aromatic ring is 3. The van der Waals surface area contributed by atoms with Crippen molar-refractivity contribution >= 4 is 17.8 Å². The third kappa shape index (κ3) is 3.40. The highest BCUT2D eigenvalue weighted by molar-refractivity contribution is 5.33. The van der Waals surface area contributed by atoms with Gasteiger partial charge in [-0.15, -0.1) is 0 Å². The van der Waals surface area contributed by atoms with Crippen molar-refractivity contribution in [2.75, 3.05) is 56.5 Å². The molecule has 6 N–H and O–H groups in total. The number of piperazine rings is 3. The lowest BCUT2D eigenvalue weighted by atomic mass is 10.2. The fourth-order valence-corrected chi connectivity index (χ4v) is 1.95. The van der Waals surface area contributed by atoms with Gasteiger partial charge >= 0.3 is 0 Å². The van der Waals surface area contributed by atoms with Crippen molar-refractivity contribution in [1.82, 2.24) is 24.8 Å². The molecule has 0 saturated carbocycles. The fourth-order valence-electron chi connectivity index (χ4n) is 1.95. The van der Waals surface area contributed by atoms with Crippen LogP contribution < -0.4 is 17.2 Å². The molecule has 1 aromatic rings. The third-order valence-corrected chi connectivity index (χ3v) is 2.88. The molecular formula is C9H18N8. The number of rotatable bonds is 0. The van der Waals surface area contributed by atoms with Gasteiger partial charge in [-0.05, 0) is 0 Å². The topological polar surface area (TPSA) is 123 Å². The molecule has 1 aromatic heterocycles. The van der Waals surface area contributed by atoms with Crippen molar-refractivity contribution < 1.29 is 0 Å². The van der Waals surface area contributed by atoms with Gasteiger partial charge in [-0.25, -0.2) is 0 Å². The molecule has 17 heavy (non-hydrogen) atoms. The molecule has 94 valence electrons. The van der Waals surface area contributed by atoms with Crippen molar-refractivity contribution in [3.05, 3.63) is 0 Å². The normalized spacial score (nSPS) is 26.1. The lowest BCUT2D eigenvalue weighted by molar-refractivity contribution is 0.0647. The Balaban J connectivity index is 0.000000127. The largest absolute Gasteiger partial charge is 0.368 e. The second kappa shape index (κ2) is 5.11. The molecule has 0 radical (unpaired) electrons. The molecule has 0 aliphatic carbocycles. The number of anilines is 3. The maximum absolute atomic E-state index is 5.14. The zero-order valence-corrected chi connectivity index (χ0v) is 9.71. The molecule has 3 aliphatic rings. The highest BCUT2D eigenvalue weighted by Crippen LogP contribution is 2.06. The summed E-state index contributed by atoms with van der Waals surface area (Å²) in [7, 11) is 0. The number of nitrogens with two attached hydrogens (primary N) is 3. The van der Waals surface area contributed by atoms with E-state index >= 15 is 0 Å². The summed E-state index contributed by atoms with van der Waals surface area (Å²) in [4.78, 5) is 15.5. The Bertz CT molecular complexity index is 300. The van der Waals surface area contributed by atoms with Gasteiger partial charge in [0, 0.05) is 39.3 Å². The van der Waals surface area contributed by atoms with Crippen molar-refractivity contribution in [3.63, 3.8) is 0 Å². The van der Waals surface area contributed by atoms with Crippen LogP contribution in [0.1, 0.15) is 0 Å². The summed E-state index contributed by atoms with van der Waals surface area (Å²) in [5.41, 5.74) is 15.4. The Morgan fingerprint density at radius 3 is 1.00 bits per heavy atom. The Morgan fingerprint density at radius 2 is 0.824 bits per heavy atom. The molecule has 8 heteroatoms. The first kappa shape index (κ1) is 11.8. The van der Waals surface area contributed by atoms with Gasteiger partial charge in [-0.3, -0.25) is 9.80 Å². The Kier molecular flexibility index (Phi) is 3.55. The van der Waals surface area contributed by atoms with E-state index in [1.165, 1.54) is 39.3 Å². The van der Waals surface area contributed by atoms with Crippen LogP contribution >= 0.6 is 0 Å². The standard InChI is InChI=1S/C6H12N2.C3H6N6/c1-2-8-5-3-7(1)4-6-8;4-1-7-2(5)9-3(6)8-1/h1-6H2;(H6,4,5,6,7,8,9). The Morgan fingerprint density at radius 1 is 0.588 bits per heavy atom. The van der Waals surface area contributed by atoms with Gasteiger partial charge in [-0.1, -0.05) is 0 Å². The zero-order chi connectivity index (χ0) is 12.3. The highest BCUT2D eigenvalue weighted by atomic mass is 15.3. The second-order valence-electron chi connectivity index (χ2n) is 4.09. The van der Waals surface area contributed by atoms with E-state index in [-0.39, 0.29) is 17.8 Å². The summed E-state index contributed by atoms with van der Waals surface area (Å²) in [6.45, 7) is 7.92. The van der Waals surface area contributed by atoms with Gasteiger partial charge in [-0.2, -0.15) is 15.0 Å². The maximum Gasteiger partial charge on any atom is 0.226 e. The van der Waals surface area contributed by atoms with Gasteiger partial charge in [0.1, 0.15) is 0 Å². The molecule has 0 unspecified atom stereocenters. The number of aromatic nitrogens is 3. The van der Waals surface area contributed by atoms with Crippen LogP contribution in [0.25, 0.3) is 0 Å². The second-order valence-corrected chi connectivity index (χ2v) is 4.09. The van der Waals surface area contributed by atoms with Gasteiger partial charge in [0.25, 0.3) is 0 Å². The molecule has 0 atom stereocenters. The number of fused-ring (bicyclic) bond motifs is 3. The molecule has 0 aromatic carbocycles. The van der Waals surface area contributed by atoms with Crippen LogP contribution in [0, 0.1) is 0 Å². The number of nitrogens with zero attached hydrogens (tertiary/aromatic N) is 5. The summed E-state index contributed by atoms with van der Waals surface area (Å²) in [5.74, 6) is 0.125. The predicted octanol–water partition coefficient (Wildman–Crippen LogP) is -1.76. The molecule has 0 spiro atoms. The Hall–Kier alpha value is -1.67. The summed E-state index contributed by atoms with van der Waals surface area (Å²) in [5, 5.41) is 0. The first-order valence-corrected chi connectivity index (χ1v) is 5.61. The number of hydrogen-bond acceptors (Lipinski definition) is 8. The van der Waals surface area contributed by atoms with E-state index < -0.39 is 0 Å². The van der Waals surface area contributed by atoms with Crippen LogP contribution in [-0.4, -0.2) is 64.0 Å². The van der Waals surface area contributed by atoms with E-state index in [1.807, 2.05) is 0 Å². The van der Waals surface area contributed by atoms with E-state index in [0.717, 1.165) is 0 Å². The number of hydrogen-bond donors (Lipinski definition) is 3. The lowest BCUT2D eigenvalue weighted by Crippen LogP contribution is -2.55. The summed E-state index contributed by atoms with van der Waals surface area (Å²) < 4.78 is 0. The van der Waals surface area contributed by atoms with Gasteiger partial charge in [0.2, 0.25) is 17.8 Å².